The Morgan fingerprint density at radius 2 is 1.78 bits per heavy atom. The number of nitrogens with zero attached hydrogens (tertiary/aromatic N) is 5. The zero-order chi connectivity index (χ0) is 22.1. The van der Waals surface area contributed by atoms with Gasteiger partial charge in [-0.15, -0.1) is 0 Å². The first-order chi connectivity index (χ1) is 15.6. The number of benzene rings is 1. The molecule has 2 aromatic rings. The van der Waals surface area contributed by atoms with E-state index in [4.69, 9.17) is 11.6 Å². The fraction of sp³-hybridized carbons (Fsp3) is 0.560. The summed E-state index contributed by atoms with van der Waals surface area (Å²) in [7, 11) is 0. The number of aryl methyl sites for hydroxylation is 1. The number of carbonyl (C=O) groups excluding carboxylic acids is 1. The van der Waals surface area contributed by atoms with Crippen molar-refractivity contribution in [2.45, 2.75) is 44.4 Å². The summed E-state index contributed by atoms with van der Waals surface area (Å²) in [4.78, 5) is 29.7. The molecule has 2 atom stereocenters. The van der Waals surface area contributed by atoms with Crippen LogP contribution in [0.25, 0.3) is 0 Å². The van der Waals surface area contributed by atoms with Crippen LogP contribution in [0.5, 0.6) is 0 Å². The van der Waals surface area contributed by atoms with E-state index < -0.39 is 0 Å². The Kier molecular flexibility index (Phi) is 6.33. The van der Waals surface area contributed by atoms with Gasteiger partial charge < -0.3 is 14.7 Å². The van der Waals surface area contributed by atoms with Gasteiger partial charge in [0.25, 0.3) is 0 Å². The predicted octanol–water partition coefficient (Wildman–Crippen LogP) is 3.71. The van der Waals surface area contributed by atoms with E-state index in [1.165, 1.54) is 24.1 Å². The number of halogens is 1. The van der Waals surface area contributed by atoms with Crippen LogP contribution in [0, 0.1) is 0 Å². The van der Waals surface area contributed by atoms with Crippen LogP contribution in [0.1, 0.15) is 54.8 Å². The van der Waals surface area contributed by atoms with E-state index in [2.05, 4.69) is 31.6 Å². The van der Waals surface area contributed by atoms with E-state index in [1.807, 2.05) is 24.3 Å². The quantitative estimate of drug-likeness (QED) is 0.690. The molecule has 32 heavy (non-hydrogen) atoms. The van der Waals surface area contributed by atoms with E-state index in [1.54, 1.807) is 6.33 Å². The van der Waals surface area contributed by atoms with Crippen molar-refractivity contribution in [3.8, 4) is 0 Å². The Balaban J connectivity index is 1.30. The minimum atomic E-state index is -0.139. The van der Waals surface area contributed by atoms with Crippen LogP contribution in [0.2, 0.25) is 5.02 Å². The second-order valence-corrected chi connectivity index (χ2v) is 9.86. The molecule has 2 fully saturated rings. The largest absolute Gasteiger partial charge is 0.353 e. The number of aromatic nitrogens is 2. The van der Waals surface area contributed by atoms with Crippen LogP contribution in [0.15, 0.2) is 30.6 Å². The molecular weight excluding hydrogens is 422 g/mol. The molecule has 2 aliphatic heterocycles. The third-order valence-corrected chi connectivity index (χ3v) is 7.61. The number of rotatable bonds is 5. The first-order valence-electron chi connectivity index (χ1n) is 12.0. The second kappa shape index (κ2) is 9.36. The molecule has 2 unspecified atom stereocenters. The lowest BCUT2D eigenvalue weighted by atomic mass is 9.96. The third kappa shape index (κ3) is 4.35. The highest BCUT2D eigenvalue weighted by Crippen LogP contribution is 2.37. The van der Waals surface area contributed by atoms with Gasteiger partial charge in [0.15, 0.2) is 0 Å². The number of amides is 1. The molecule has 1 amide bonds. The van der Waals surface area contributed by atoms with Crippen molar-refractivity contribution in [3.05, 3.63) is 52.4 Å². The van der Waals surface area contributed by atoms with Gasteiger partial charge in [0.05, 0.1) is 5.92 Å². The molecule has 1 aromatic carbocycles. The lowest BCUT2D eigenvalue weighted by Crippen LogP contribution is -2.51. The van der Waals surface area contributed by atoms with Crippen LogP contribution in [-0.4, -0.2) is 71.5 Å². The number of fused-ring (bicyclic) bond motifs is 1. The number of likely N-dealkylation sites (tertiary alicyclic amines) is 1. The second-order valence-electron chi connectivity index (χ2n) is 9.42. The van der Waals surface area contributed by atoms with Gasteiger partial charge in [0.1, 0.15) is 12.1 Å². The van der Waals surface area contributed by atoms with Crippen molar-refractivity contribution in [1.29, 1.82) is 0 Å². The lowest BCUT2D eigenvalue weighted by molar-refractivity contribution is -0.133. The van der Waals surface area contributed by atoms with Crippen LogP contribution in [-0.2, 0) is 11.2 Å². The molecule has 0 radical (unpaired) electrons. The number of piperazine rings is 1. The highest BCUT2D eigenvalue weighted by Gasteiger charge is 2.33. The number of carbonyl (C=O) groups is 1. The molecule has 1 aliphatic carbocycles. The van der Waals surface area contributed by atoms with Crippen molar-refractivity contribution in [3.63, 3.8) is 0 Å². The zero-order valence-electron chi connectivity index (χ0n) is 18.8. The van der Waals surface area contributed by atoms with Gasteiger partial charge in [-0.05, 0) is 62.4 Å². The molecular formula is C25H32ClN5O. The van der Waals surface area contributed by atoms with E-state index in [9.17, 15) is 4.79 Å². The highest BCUT2D eigenvalue weighted by molar-refractivity contribution is 6.30. The molecule has 0 N–H and O–H groups in total. The fourth-order valence-corrected chi connectivity index (χ4v) is 5.60. The Morgan fingerprint density at radius 3 is 2.50 bits per heavy atom. The maximum atomic E-state index is 13.7. The summed E-state index contributed by atoms with van der Waals surface area (Å²) in [5, 5.41) is 0.710. The van der Waals surface area contributed by atoms with Crippen molar-refractivity contribution < 1.29 is 4.79 Å². The van der Waals surface area contributed by atoms with E-state index in [0.29, 0.717) is 10.9 Å². The minimum absolute atomic E-state index is 0.139. The summed E-state index contributed by atoms with van der Waals surface area (Å²) in [5.74, 6) is 1.69. The summed E-state index contributed by atoms with van der Waals surface area (Å²) in [5.41, 5.74) is 3.59. The molecule has 7 heteroatoms. The summed E-state index contributed by atoms with van der Waals surface area (Å²) in [6, 6.07) is 7.83. The van der Waals surface area contributed by atoms with E-state index >= 15 is 0 Å². The average molecular weight is 454 g/mol. The summed E-state index contributed by atoms with van der Waals surface area (Å²) in [6.07, 6.45) is 6.35. The van der Waals surface area contributed by atoms with Gasteiger partial charge in [-0.1, -0.05) is 30.7 Å². The maximum absolute atomic E-state index is 13.7. The molecule has 1 aromatic heterocycles. The normalized spacial score (nSPS) is 22.2. The third-order valence-electron chi connectivity index (χ3n) is 7.35. The lowest BCUT2D eigenvalue weighted by Gasteiger charge is -2.38. The van der Waals surface area contributed by atoms with Crippen LogP contribution < -0.4 is 4.90 Å². The SMILES string of the molecule is CC1CCc2ncnc(N3CCN(C(=O)C(CN4CCCC4)c4ccc(Cl)cc4)CC3)c21. The smallest absolute Gasteiger partial charge is 0.231 e. The summed E-state index contributed by atoms with van der Waals surface area (Å²) >= 11 is 6.12. The van der Waals surface area contributed by atoms with Crippen molar-refractivity contribution >= 4 is 23.3 Å². The zero-order valence-corrected chi connectivity index (χ0v) is 19.6. The average Bonchev–Trinajstić information content (AvgIpc) is 3.48. The first-order valence-corrected chi connectivity index (χ1v) is 12.3. The van der Waals surface area contributed by atoms with Crippen molar-refractivity contribution in [1.82, 2.24) is 19.8 Å². The fourth-order valence-electron chi connectivity index (χ4n) is 5.48. The van der Waals surface area contributed by atoms with E-state index in [-0.39, 0.29) is 11.8 Å². The topological polar surface area (TPSA) is 52.6 Å². The molecule has 170 valence electrons. The Bertz CT molecular complexity index is 951. The van der Waals surface area contributed by atoms with Gasteiger partial charge in [0.2, 0.25) is 5.91 Å². The van der Waals surface area contributed by atoms with Crippen molar-refractivity contribution in [2.75, 3.05) is 50.7 Å². The first kappa shape index (κ1) is 21.7. The number of anilines is 1. The summed E-state index contributed by atoms with van der Waals surface area (Å²) in [6.45, 7) is 8.33. The van der Waals surface area contributed by atoms with Crippen LogP contribution >= 0.6 is 11.6 Å². The molecule has 3 heterocycles. The van der Waals surface area contributed by atoms with Gasteiger partial charge in [-0.3, -0.25) is 4.79 Å². The van der Waals surface area contributed by atoms with Crippen molar-refractivity contribution in [2.24, 2.45) is 0 Å². The number of hydrogen-bond donors (Lipinski definition) is 0. The van der Waals surface area contributed by atoms with Crippen LogP contribution in [0.3, 0.4) is 0 Å². The van der Waals surface area contributed by atoms with Gasteiger partial charge in [-0.2, -0.15) is 0 Å². The molecule has 0 spiro atoms. The predicted molar refractivity (Wildman–Crippen MR) is 127 cm³/mol. The molecule has 0 bridgehead atoms. The minimum Gasteiger partial charge on any atom is -0.353 e. The molecule has 6 nitrogen and oxygen atoms in total. The molecule has 3 aliphatic rings. The van der Waals surface area contributed by atoms with Gasteiger partial charge in [-0.25, -0.2) is 9.97 Å². The molecule has 0 saturated carbocycles. The summed E-state index contributed by atoms with van der Waals surface area (Å²) < 4.78 is 0. The van der Waals surface area contributed by atoms with Gasteiger partial charge >= 0.3 is 0 Å². The maximum Gasteiger partial charge on any atom is 0.231 e. The monoisotopic (exact) mass is 453 g/mol. The number of hydrogen-bond acceptors (Lipinski definition) is 5. The molecule has 2 saturated heterocycles. The Labute approximate surface area is 195 Å². The molecule has 5 rings (SSSR count). The highest BCUT2D eigenvalue weighted by atomic mass is 35.5. The standard InChI is InChI=1S/C25H32ClN5O/c1-18-4-9-22-23(18)24(28-17-27-22)30-12-14-31(15-13-30)25(32)21(16-29-10-2-3-11-29)19-5-7-20(26)8-6-19/h5-8,17-18,21H,2-4,9-16H2,1H3. The Morgan fingerprint density at radius 1 is 1.06 bits per heavy atom. The van der Waals surface area contributed by atoms with E-state index in [0.717, 1.165) is 70.0 Å². The van der Waals surface area contributed by atoms with Gasteiger partial charge in [0, 0.05) is 49.0 Å². The van der Waals surface area contributed by atoms with Crippen LogP contribution in [0.4, 0.5) is 5.82 Å². The Hall–Kier alpha value is -2.18.